The Bertz CT molecular complexity index is 789. The number of carbonyl (C=O) groups is 1. The summed E-state index contributed by atoms with van der Waals surface area (Å²) in [6, 6.07) is 11.3. The third kappa shape index (κ3) is 2.28. The quantitative estimate of drug-likeness (QED) is 0.773. The van der Waals surface area contributed by atoms with E-state index in [9.17, 15) is 4.79 Å². The van der Waals surface area contributed by atoms with Crippen molar-refractivity contribution in [3.05, 3.63) is 65.6 Å². The summed E-state index contributed by atoms with van der Waals surface area (Å²) in [5.74, 6) is -0.0979. The topological polar surface area (TPSA) is 46.4 Å². The highest BCUT2D eigenvalue weighted by Gasteiger charge is 2.09. The summed E-state index contributed by atoms with van der Waals surface area (Å²) in [5, 5.41) is 2.91. The van der Waals surface area contributed by atoms with Gasteiger partial charge in [-0.25, -0.2) is 4.98 Å². The van der Waals surface area contributed by atoms with Crippen molar-refractivity contribution >= 4 is 17.2 Å². The van der Waals surface area contributed by atoms with Crippen LogP contribution in [-0.4, -0.2) is 15.3 Å². The van der Waals surface area contributed by atoms with E-state index in [4.69, 9.17) is 0 Å². The highest BCUT2D eigenvalue weighted by Crippen LogP contribution is 2.14. The number of fused-ring (bicyclic) bond motifs is 1. The Hall–Kier alpha value is -2.62. The second kappa shape index (κ2) is 4.81. The lowest BCUT2D eigenvalue weighted by molar-refractivity contribution is 0.102. The lowest BCUT2D eigenvalue weighted by Gasteiger charge is -2.07. The Morgan fingerprint density at radius 3 is 2.70 bits per heavy atom. The van der Waals surface area contributed by atoms with E-state index in [2.05, 4.69) is 10.3 Å². The Morgan fingerprint density at radius 1 is 1.10 bits per heavy atom. The van der Waals surface area contributed by atoms with Gasteiger partial charge in [0.1, 0.15) is 5.65 Å². The zero-order chi connectivity index (χ0) is 14.1. The first-order valence-electron chi connectivity index (χ1n) is 6.46. The van der Waals surface area contributed by atoms with E-state index in [1.807, 2.05) is 67.0 Å². The van der Waals surface area contributed by atoms with Gasteiger partial charge >= 0.3 is 0 Å². The number of pyridine rings is 1. The standard InChI is InChI=1S/C16H15N3O/c1-11-5-3-4-6-14(11)16(20)18-13-7-8-15-17-12(2)9-19(15)10-13/h3-10H,1-2H3,(H,18,20). The molecular formula is C16H15N3O. The largest absolute Gasteiger partial charge is 0.321 e. The van der Waals surface area contributed by atoms with Crippen LogP contribution in [0.1, 0.15) is 21.6 Å². The van der Waals surface area contributed by atoms with Crippen molar-refractivity contribution in [3.63, 3.8) is 0 Å². The summed E-state index contributed by atoms with van der Waals surface area (Å²) in [6.45, 7) is 3.87. The maximum Gasteiger partial charge on any atom is 0.255 e. The van der Waals surface area contributed by atoms with E-state index in [1.165, 1.54) is 0 Å². The van der Waals surface area contributed by atoms with Gasteiger partial charge in [0.2, 0.25) is 0 Å². The summed E-state index contributed by atoms with van der Waals surface area (Å²) in [5.41, 5.74) is 4.23. The van der Waals surface area contributed by atoms with E-state index in [1.54, 1.807) is 0 Å². The minimum atomic E-state index is -0.0979. The molecule has 0 fully saturated rings. The first-order valence-corrected chi connectivity index (χ1v) is 6.46. The van der Waals surface area contributed by atoms with Crippen LogP contribution < -0.4 is 5.32 Å². The maximum absolute atomic E-state index is 12.2. The molecule has 100 valence electrons. The van der Waals surface area contributed by atoms with Crippen molar-refractivity contribution in [3.8, 4) is 0 Å². The number of amides is 1. The van der Waals surface area contributed by atoms with E-state index < -0.39 is 0 Å². The van der Waals surface area contributed by atoms with Gasteiger partial charge in [0.25, 0.3) is 5.91 Å². The molecule has 0 saturated heterocycles. The van der Waals surface area contributed by atoms with Crippen molar-refractivity contribution in [2.24, 2.45) is 0 Å². The SMILES string of the molecule is Cc1cn2cc(NC(=O)c3ccccc3C)ccc2n1. The van der Waals surface area contributed by atoms with Gasteiger partial charge in [-0.05, 0) is 37.6 Å². The molecule has 2 heterocycles. The van der Waals surface area contributed by atoms with Crippen LogP contribution in [-0.2, 0) is 0 Å². The second-order valence-electron chi connectivity index (χ2n) is 4.83. The number of hydrogen-bond donors (Lipinski definition) is 1. The number of aromatic nitrogens is 2. The molecule has 4 heteroatoms. The van der Waals surface area contributed by atoms with E-state index in [-0.39, 0.29) is 5.91 Å². The van der Waals surface area contributed by atoms with Crippen LogP contribution in [0.15, 0.2) is 48.8 Å². The lowest BCUT2D eigenvalue weighted by Crippen LogP contribution is -2.13. The summed E-state index contributed by atoms with van der Waals surface area (Å²) >= 11 is 0. The molecule has 0 spiro atoms. The average Bonchev–Trinajstić information content (AvgIpc) is 2.78. The number of anilines is 1. The molecule has 2 aromatic heterocycles. The van der Waals surface area contributed by atoms with Gasteiger partial charge in [0.05, 0.1) is 11.4 Å². The predicted molar refractivity (Wildman–Crippen MR) is 79.1 cm³/mol. The monoisotopic (exact) mass is 265 g/mol. The van der Waals surface area contributed by atoms with Crippen LogP contribution >= 0.6 is 0 Å². The Balaban J connectivity index is 1.89. The molecule has 3 aromatic rings. The molecule has 1 N–H and O–H groups in total. The molecule has 0 aliphatic heterocycles. The molecule has 0 bridgehead atoms. The van der Waals surface area contributed by atoms with Crippen LogP contribution in [0.3, 0.4) is 0 Å². The number of rotatable bonds is 2. The fourth-order valence-corrected chi connectivity index (χ4v) is 2.22. The molecule has 20 heavy (non-hydrogen) atoms. The van der Waals surface area contributed by atoms with Gasteiger partial charge in [0, 0.05) is 18.0 Å². The van der Waals surface area contributed by atoms with Gasteiger partial charge in [-0.2, -0.15) is 0 Å². The number of benzene rings is 1. The van der Waals surface area contributed by atoms with E-state index >= 15 is 0 Å². The first-order chi connectivity index (χ1) is 9.63. The highest BCUT2D eigenvalue weighted by molar-refractivity contribution is 6.05. The number of aryl methyl sites for hydroxylation is 2. The maximum atomic E-state index is 12.2. The number of hydrogen-bond acceptors (Lipinski definition) is 2. The minimum Gasteiger partial charge on any atom is -0.321 e. The number of nitrogens with zero attached hydrogens (tertiary/aromatic N) is 2. The smallest absolute Gasteiger partial charge is 0.255 e. The fourth-order valence-electron chi connectivity index (χ4n) is 2.22. The van der Waals surface area contributed by atoms with Crippen LogP contribution in [0.25, 0.3) is 5.65 Å². The Kier molecular flexibility index (Phi) is 2.99. The molecule has 3 rings (SSSR count). The van der Waals surface area contributed by atoms with Gasteiger partial charge in [-0.15, -0.1) is 0 Å². The Labute approximate surface area is 117 Å². The summed E-state index contributed by atoms with van der Waals surface area (Å²) in [4.78, 5) is 16.6. The Morgan fingerprint density at radius 2 is 1.90 bits per heavy atom. The van der Waals surface area contributed by atoms with Crippen LogP contribution in [0.2, 0.25) is 0 Å². The fraction of sp³-hybridized carbons (Fsp3) is 0.125. The lowest BCUT2D eigenvalue weighted by atomic mass is 10.1. The highest BCUT2D eigenvalue weighted by atomic mass is 16.1. The normalized spacial score (nSPS) is 10.7. The average molecular weight is 265 g/mol. The minimum absolute atomic E-state index is 0.0979. The molecule has 4 nitrogen and oxygen atoms in total. The van der Waals surface area contributed by atoms with Crippen molar-refractivity contribution < 1.29 is 4.79 Å². The summed E-state index contributed by atoms with van der Waals surface area (Å²) in [7, 11) is 0. The molecule has 1 aromatic carbocycles. The van der Waals surface area contributed by atoms with Crippen molar-refractivity contribution in [1.82, 2.24) is 9.38 Å². The number of nitrogens with one attached hydrogen (secondary N) is 1. The molecule has 1 amide bonds. The van der Waals surface area contributed by atoms with Gasteiger partial charge in [0.15, 0.2) is 0 Å². The third-order valence-corrected chi connectivity index (χ3v) is 3.22. The van der Waals surface area contributed by atoms with E-state index in [0.717, 1.165) is 22.6 Å². The molecule has 0 radical (unpaired) electrons. The number of imidazole rings is 1. The number of carbonyl (C=O) groups excluding carboxylic acids is 1. The molecule has 0 unspecified atom stereocenters. The van der Waals surface area contributed by atoms with Crippen LogP contribution in [0.4, 0.5) is 5.69 Å². The third-order valence-electron chi connectivity index (χ3n) is 3.22. The van der Waals surface area contributed by atoms with Crippen molar-refractivity contribution in [1.29, 1.82) is 0 Å². The summed E-state index contributed by atoms with van der Waals surface area (Å²) < 4.78 is 1.91. The zero-order valence-electron chi connectivity index (χ0n) is 11.4. The van der Waals surface area contributed by atoms with Gasteiger partial charge < -0.3 is 9.72 Å². The van der Waals surface area contributed by atoms with Crippen LogP contribution in [0.5, 0.6) is 0 Å². The summed E-state index contributed by atoms with van der Waals surface area (Å²) in [6.07, 6.45) is 3.80. The second-order valence-corrected chi connectivity index (χ2v) is 4.83. The van der Waals surface area contributed by atoms with Gasteiger partial charge in [-0.1, -0.05) is 18.2 Å². The molecular weight excluding hydrogens is 250 g/mol. The van der Waals surface area contributed by atoms with Crippen LogP contribution in [0, 0.1) is 13.8 Å². The van der Waals surface area contributed by atoms with E-state index in [0.29, 0.717) is 5.56 Å². The van der Waals surface area contributed by atoms with Crippen molar-refractivity contribution in [2.75, 3.05) is 5.32 Å². The zero-order valence-corrected chi connectivity index (χ0v) is 11.4. The van der Waals surface area contributed by atoms with Gasteiger partial charge in [-0.3, -0.25) is 4.79 Å². The first kappa shape index (κ1) is 12.4. The molecule has 0 atom stereocenters. The van der Waals surface area contributed by atoms with Crippen molar-refractivity contribution in [2.45, 2.75) is 13.8 Å². The molecule has 0 aliphatic rings. The molecule has 0 aliphatic carbocycles. The molecule has 0 saturated carbocycles. The predicted octanol–water partition coefficient (Wildman–Crippen LogP) is 3.20.